The molecule has 0 amide bonds. The molecular weight excluding hydrogens is 236 g/mol. The van der Waals surface area contributed by atoms with Gasteiger partial charge in [0, 0.05) is 24.3 Å². The van der Waals surface area contributed by atoms with Crippen molar-refractivity contribution in [2.45, 2.75) is 71.5 Å². The lowest BCUT2D eigenvalue weighted by atomic mass is 10.1. The van der Waals surface area contributed by atoms with Crippen molar-refractivity contribution in [1.29, 1.82) is 0 Å². The van der Waals surface area contributed by atoms with Crippen LogP contribution in [0.5, 0.6) is 5.75 Å². The first-order chi connectivity index (χ1) is 9.11. The smallest absolute Gasteiger partial charge is 0.138 e. The minimum atomic E-state index is 0.330. The highest BCUT2D eigenvalue weighted by molar-refractivity contribution is 5.27. The highest BCUT2D eigenvalue weighted by Gasteiger charge is 2.26. The second-order valence-electron chi connectivity index (χ2n) is 5.79. The highest BCUT2D eigenvalue weighted by atomic mass is 16.3. The lowest BCUT2D eigenvalue weighted by Gasteiger charge is -2.34. The van der Waals surface area contributed by atoms with E-state index in [0.717, 1.165) is 24.4 Å². The molecule has 0 spiro atoms. The van der Waals surface area contributed by atoms with Crippen LogP contribution in [0.2, 0.25) is 0 Å². The first-order valence-corrected chi connectivity index (χ1v) is 7.53. The van der Waals surface area contributed by atoms with E-state index in [1.54, 1.807) is 6.07 Å². The third kappa shape index (κ3) is 3.47. The number of aromatic hydroxyl groups is 1. The van der Waals surface area contributed by atoms with Crippen LogP contribution in [0.1, 0.15) is 57.3 Å². The molecular formula is C16H26N2O. The number of aromatic nitrogens is 1. The Balaban J connectivity index is 2.16. The zero-order chi connectivity index (χ0) is 13.8. The Bertz CT molecular complexity index is 413. The molecule has 0 saturated heterocycles. The van der Waals surface area contributed by atoms with Gasteiger partial charge in [0.2, 0.25) is 0 Å². The van der Waals surface area contributed by atoms with Crippen molar-refractivity contribution < 1.29 is 5.11 Å². The van der Waals surface area contributed by atoms with Gasteiger partial charge in [0.15, 0.2) is 0 Å². The predicted molar refractivity (Wildman–Crippen MR) is 78.2 cm³/mol. The van der Waals surface area contributed by atoms with Crippen LogP contribution in [0.25, 0.3) is 0 Å². The molecule has 1 aromatic heterocycles. The van der Waals surface area contributed by atoms with Gasteiger partial charge in [-0.3, -0.25) is 9.88 Å². The number of aryl methyl sites for hydroxylation is 1. The largest absolute Gasteiger partial charge is 0.506 e. The zero-order valence-electron chi connectivity index (χ0n) is 12.4. The molecule has 3 heteroatoms. The number of hydrogen-bond donors (Lipinski definition) is 1. The van der Waals surface area contributed by atoms with Gasteiger partial charge >= 0.3 is 0 Å². The van der Waals surface area contributed by atoms with Gasteiger partial charge < -0.3 is 5.11 Å². The van der Waals surface area contributed by atoms with Crippen LogP contribution in [0.3, 0.4) is 0 Å². The predicted octanol–water partition coefficient (Wildman–Crippen LogP) is 3.64. The summed E-state index contributed by atoms with van der Waals surface area (Å²) >= 11 is 0. The number of rotatable bonds is 5. The van der Waals surface area contributed by atoms with Crippen LogP contribution in [-0.4, -0.2) is 27.1 Å². The second kappa shape index (κ2) is 6.38. The SMILES string of the molecule is CC[C@H](C)N(Cc1nc(C)ccc1O)C1CCCC1. The average molecular weight is 262 g/mol. The Labute approximate surface area is 116 Å². The van der Waals surface area contributed by atoms with E-state index in [0.29, 0.717) is 17.8 Å². The molecule has 1 fully saturated rings. The van der Waals surface area contributed by atoms with Crippen molar-refractivity contribution in [2.24, 2.45) is 0 Å². The fourth-order valence-electron chi connectivity index (χ4n) is 3.01. The Morgan fingerprint density at radius 1 is 1.37 bits per heavy atom. The van der Waals surface area contributed by atoms with E-state index in [4.69, 9.17) is 0 Å². The normalized spacial score (nSPS) is 18.1. The van der Waals surface area contributed by atoms with Crippen molar-refractivity contribution in [3.63, 3.8) is 0 Å². The fraction of sp³-hybridized carbons (Fsp3) is 0.688. The monoisotopic (exact) mass is 262 g/mol. The van der Waals surface area contributed by atoms with E-state index in [-0.39, 0.29) is 0 Å². The summed E-state index contributed by atoms with van der Waals surface area (Å²) in [6.07, 6.45) is 6.40. The Hall–Kier alpha value is -1.09. The summed E-state index contributed by atoms with van der Waals surface area (Å²) in [4.78, 5) is 7.05. The molecule has 0 aromatic carbocycles. The standard InChI is InChI=1S/C16H26N2O/c1-4-13(3)18(14-7-5-6-8-14)11-15-16(19)10-9-12(2)17-15/h9-10,13-14,19H,4-8,11H2,1-3H3/t13-/m0/s1. The van der Waals surface area contributed by atoms with Crippen molar-refractivity contribution >= 4 is 0 Å². The zero-order valence-corrected chi connectivity index (χ0v) is 12.4. The highest BCUT2D eigenvalue weighted by Crippen LogP contribution is 2.28. The quantitative estimate of drug-likeness (QED) is 0.880. The number of pyridine rings is 1. The summed E-state index contributed by atoms with van der Waals surface area (Å²) < 4.78 is 0. The van der Waals surface area contributed by atoms with E-state index in [2.05, 4.69) is 23.7 Å². The minimum Gasteiger partial charge on any atom is -0.506 e. The van der Waals surface area contributed by atoms with Crippen LogP contribution in [0.4, 0.5) is 0 Å². The van der Waals surface area contributed by atoms with Gasteiger partial charge in [-0.05, 0) is 45.2 Å². The topological polar surface area (TPSA) is 36.4 Å². The summed E-state index contributed by atoms with van der Waals surface area (Å²) in [6, 6.07) is 4.84. The van der Waals surface area contributed by atoms with Gasteiger partial charge in [-0.25, -0.2) is 0 Å². The van der Waals surface area contributed by atoms with Crippen LogP contribution >= 0.6 is 0 Å². The Kier molecular flexibility index (Phi) is 4.81. The molecule has 0 radical (unpaired) electrons. The molecule has 1 aliphatic rings. The third-order valence-electron chi connectivity index (χ3n) is 4.37. The first-order valence-electron chi connectivity index (χ1n) is 7.53. The van der Waals surface area contributed by atoms with Gasteiger partial charge in [-0.2, -0.15) is 0 Å². The van der Waals surface area contributed by atoms with Crippen LogP contribution in [0, 0.1) is 6.92 Å². The maximum atomic E-state index is 9.99. The van der Waals surface area contributed by atoms with Crippen molar-refractivity contribution in [1.82, 2.24) is 9.88 Å². The van der Waals surface area contributed by atoms with Gasteiger partial charge in [0.05, 0.1) is 5.69 Å². The molecule has 0 aliphatic heterocycles. The van der Waals surface area contributed by atoms with Crippen LogP contribution in [0.15, 0.2) is 12.1 Å². The maximum Gasteiger partial charge on any atom is 0.138 e. The lowest BCUT2D eigenvalue weighted by molar-refractivity contribution is 0.129. The summed E-state index contributed by atoms with van der Waals surface area (Å²) in [7, 11) is 0. The molecule has 0 unspecified atom stereocenters. The summed E-state index contributed by atoms with van der Waals surface area (Å²) in [5.74, 6) is 0.330. The van der Waals surface area contributed by atoms with Crippen molar-refractivity contribution in [2.75, 3.05) is 0 Å². The van der Waals surface area contributed by atoms with Crippen molar-refractivity contribution in [3.8, 4) is 5.75 Å². The van der Waals surface area contributed by atoms with E-state index in [1.165, 1.54) is 25.7 Å². The average Bonchev–Trinajstić information content (AvgIpc) is 2.92. The molecule has 106 valence electrons. The first kappa shape index (κ1) is 14.3. The number of nitrogens with zero attached hydrogens (tertiary/aromatic N) is 2. The molecule has 2 rings (SSSR count). The molecule has 1 saturated carbocycles. The van der Waals surface area contributed by atoms with Gasteiger partial charge in [0.25, 0.3) is 0 Å². The third-order valence-corrected chi connectivity index (χ3v) is 4.37. The Morgan fingerprint density at radius 3 is 2.68 bits per heavy atom. The molecule has 1 aliphatic carbocycles. The number of hydrogen-bond acceptors (Lipinski definition) is 3. The molecule has 3 nitrogen and oxygen atoms in total. The van der Waals surface area contributed by atoms with Crippen LogP contribution < -0.4 is 0 Å². The fourth-order valence-corrected chi connectivity index (χ4v) is 3.01. The van der Waals surface area contributed by atoms with Gasteiger partial charge in [-0.15, -0.1) is 0 Å². The van der Waals surface area contributed by atoms with Gasteiger partial charge in [0.1, 0.15) is 5.75 Å². The van der Waals surface area contributed by atoms with Crippen LogP contribution in [-0.2, 0) is 6.54 Å². The Morgan fingerprint density at radius 2 is 2.05 bits per heavy atom. The summed E-state index contributed by atoms with van der Waals surface area (Å²) in [5.41, 5.74) is 1.80. The van der Waals surface area contributed by atoms with E-state index in [9.17, 15) is 5.11 Å². The van der Waals surface area contributed by atoms with Crippen molar-refractivity contribution in [3.05, 3.63) is 23.5 Å². The second-order valence-corrected chi connectivity index (χ2v) is 5.79. The molecule has 1 atom stereocenters. The van der Waals surface area contributed by atoms with E-state index >= 15 is 0 Å². The lowest BCUT2D eigenvalue weighted by Crippen LogP contribution is -2.39. The molecule has 19 heavy (non-hydrogen) atoms. The van der Waals surface area contributed by atoms with E-state index < -0.39 is 0 Å². The van der Waals surface area contributed by atoms with E-state index in [1.807, 2.05) is 13.0 Å². The summed E-state index contributed by atoms with van der Waals surface area (Å²) in [5, 5.41) is 9.99. The molecule has 1 heterocycles. The minimum absolute atomic E-state index is 0.330. The molecule has 0 bridgehead atoms. The summed E-state index contributed by atoms with van der Waals surface area (Å²) in [6.45, 7) is 7.26. The molecule has 1 N–H and O–H groups in total. The maximum absolute atomic E-state index is 9.99. The van der Waals surface area contributed by atoms with Gasteiger partial charge in [-0.1, -0.05) is 19.8 Å². The molecule has 1 aromatic rings.